The van der Waals surface area contributed by atoms with Crippen LogP contribution in [-0.2, 0) is 15.9 Å². The standard InChI is InChI=1S/C20H22O4/c1-2-13-23-19(21)17-11-6-12-18(15-17)20(22)24-14-7-10-16-8-4-3-5-9-16/h3-6,8-9,11-12,15H,2,7,10,13-14H2,1H3. The van der Waals surface area contributed by atoms with E-state index in [0.29, 0.717) is 24.3 Å². The maximum absolute atomic E-state index is 12.1. The molecule has 0 atom stereocenters. The van der Waals surface area contributed by atoms with Crippen LogP contribution in [0, 0.1) is 0 Å². The summed E-state index contributed by atoms with van der Waals surface area (Å²) in [5, 5.41) is 0. The molecule has 0 aliphatic heterocycles. The number of hydrogen-bond acceptors (Lipinski definition) is 4. The molecule has 2 rings (SSSR count). The number of hydrogen-bond donors (Lipinski definition) is 0. The Balaban J connectivity index is 1.82. The molecule has 0 spiro atoms. The number of carbonyl (C=O) groups is 2. The molecule has 126 valence electrons. The van der Waals surface area contributed by atoms with Gasteiger partial charge in [-0.3, -0.25) is 0 Å². The Morgan fingerprint density at radius 2 is 1.46 bits per heavy atom. The van der Waals surface area contributed by atoms with Gasteiger partial charge in [0.1, 0.15) is 0 Å². The van der Waals surface area contributed by atoms with Crippen molar-refractivity contribution in [3.63, 3.8) is 0 Å². The van der Waals surface area contributed by atoms with Crippen LogP contribution in [0.25, 0.3) is 0 Å². The van der Waals surface area contributed by atoms with Crippen LogP contribution in [0.4, 0.5) is 0 Å². The number of carbonyl (C=O) groups excluding carboxylic acids is 2. The van der Waals surface area contributed by atoms with E-state index in [1.807, 2.05) is 37.3 Å². The first-order valence-electron chi connectivity index (χ1n) is 8.19. The van der Waals surface area contributed by atoms with Gasteiger partial charge < -0.3 is 9.47 Å². The molecule has 0 aliphatic carbocycles. The molecule has 24 heavy (non-hydrogen) atoms. The van der Waals surface area contributed by atoms with Crippen LogP contribution in [0.1, 0.15) is 46.0 Å². The summed E-state index contributed by atoms with van der Waals surface area (Å²) in [6.07, 6.45) is 2.38. The molecule has 0 unspecified atom stereocenters. The van der Waals surface area contributed by atoms with Gasteiger partial charge in [0, 0.05) is 0 Å². The molecule has 0 amide bonds. The number of benzene rings is 2. The zero-order chi connectivity index (χ0) is 17.2. The molecule has 0 N–H and O–H groups in total. The molecule has 0 fully saturated rings. The fraction of sp³-hybridized carbons (Fsp3) is 0.300. The third-order valence-electron chi connectivity index (χ3n) is 3.46. The average Bonchev–Trinajstić information content (AvgIpc) is 2.64. The zero-order valence-electron chi connectivity index (χ0n) is 13.9. The number of esters is 2. The van der Waals surface area contributed by atoms with Crippen LogP contribution < -0.4 is 0 Å². The van der Waals surface area contributed by atoms with Gasteiger partial charge in [-0.25, -0.2) is 9.59 Å². The van der Waals surface area contributed by atoms with Gasteiger partial charge in [0.15, 0.2) is 0 Å². The molecule has 0 aliphatic rings. The molecule has 0 radical (unpaired) electrons. The largest absolute Gasteiger partial charge is 0.462 e. The quantitative estimate of drug-likeness (QED) is 0.542. The third kappa shape index (κ3) is 5.54. The predicted molar refractivity (Wildman–Crippen MR) is 92.1 cm³/mol. The lowest BCUT2D eigenvalue weighted by atomic mass is 10.1. The van der Waals surface area contributed by atoms with Gasteiger partial charge in [-0.1, -0.05) is 43.3 Å². The normalized spacial score (nSPS) is 10.2. The highest BCUT2D eigenvalue weighted by Gasteiger charge is 2.12. The van der Waals surface area contributed by atoms with Crippen molar-refractivity contribution in [3.8, 4) is 0 Å². The minimum absolute atomic E-state index is 0.345. The molecule has 2 aromatic rings. The molecular formula is C20H22O4. The van der Waals surface area contributed by atoms with Crippen LogP contribution in [0.15, 0.2) is 54.6 Å². The van der Waals surface area contributed by atoms with E-state index in [9.17, 15) is 9.59 Å². The van der Waals surface area contributed by atoms with Crippen molar-refractivity contribution in [2.45, 2.75) is 26.2 Å². The van der Waals surface area contributed by atoms with Gasteiger partial charge in [-0.05, 0) is 43.0 Å². The smallest absolute Gasteiger partial charge is 0.338 e. The average molecular weight is 326 g/mol. The Kier molecular flexibility index (Phi) is 7.02. The van der Waals surface area contributed by atoms with Gasteiger partial charge in [0.05, 0.1) is 24.3 Å². The summed E-state index contributed by atoms with van der Waals surface area (Å²) in [6, 6.07) is 16.5. The van der Waals surface area contributed by atoms with E-state index in [2.05, 4.69) is 0 Å². The monoisotopic (exact) mass is 326 g/mol. The van der Waals surface area contributed by atoms with Crippen molar-refractivity contribution >= 4 is 11.9 Å². The summed E-state index contributed by atoms with van der Waals surface area (Å²) in [6.45, 7) is 2.64. The molecule has 4 heteroatoms. The molecule has 0 saturated heterocycles. The summed E-state index contributed by atoms with van der Waals surface area (Å²) in [5.41, 5.74) is 1.94. The van der Waals surface area contributed by atoms with Crippen LogP contribution in [-0.4, -0.2) is 25.2 Å². The maximum Gasteiger partial charge on any atom is 0.338 e. The fourth-order valence-corrected chi connectivity index (χ4v) is 2.22. The zero-order valence-corrected chi connectivity index (χ0v) is 13.9. The number of aryl methyl sites for hydroxylation is 1. The van der Waals surface area contributed by atoms with Crippen LogP contribution in [0.2, 0.25) is 0 Å². The second-order valence-corrected chi connectivity index (χ2v) is 5.44. The summed E-state index contributed by atoms with van der Waals surface area (Å²) in [5.74, 6) is -0.844. The Morgan fingerprint density at radius 1 is 0.833 bits per heavy atom. The Labute approximate surface area is 142 Å². The lowest BCUT2D eigenvalue weighted by Crippen LogP contribution is -2.10. The van der Waals surface area contributed by atoms with E-state index in [1.54, 1.807) is 18.2 Å². The molecule has 4 nitrogen and oxygen atoms in total. The highest BCUT2D eigenvalue weighted by atomic mass is 16.5. The van der Waals surface area contributed by atoms with Gasteiger partial charge in [-0.2, -0.15) is 0 Å². The fourth-order valence-electron chi connectivity index (χ4n) is 2.22. The first kappa shape index (κ1) is 17.7. The molecule has 2 aromatic carbocycles. The predicted octanol–water partition coefficient (Wildman–Crippen LogP) is 4.04. The van der Waals surface area contributed by atoms with Crippen LogP contribution >= 0.6 is 0 Å². The lowest BCUT2D eigenvalue weighted by Gasteiger charge is -2.07. The van der Waals surface area contributed by atoms with Crippen molar-refractivity contribution in [2.24, 2.45) is 0 Å². The minimum Gasteiger partial charge on any atom is -0.462 e. The summed E-state index contributed by atoms with van der Waals surface area (Å²) in [4.78, 5) is 23.9. The van der Waals surface area contributed by atoms with Gasteiger partial charge in [-0.15, -0.1) is 0 Å². The molecule has 0 heterocycles. The van der Waals surface area contributed by atoms with Crippen molar-refractivity contribution in [1.82, 2.24) is 0 Å². The summed E-state index contributed by atoms with van der Waals surface area (Å²) >= 11 is 0. The first-order chi connectivity index (χ1) is 11.7. The highest BCUT2D eigenvalue weighted by Crippen LogP contribution is 2.09. The van der Waals surface area contributed by atoms with Crippen molar-refractivity contribution < 1.29 is 19.1 Å². The highest BCUT2D eigenvalue weighted by molar-refractivity contribution is 5.95. The number of rotatable bonds is 8. The van der Waals surface area contributed by atoms with E-state index in [1.165, 1.54) is 11.6 Å². The van der Waals surface area contributed by atoms with Gasteiger partial charge >= 0.3 is 11.9 Å². The Hall–Kier alpha value is -2.62. The molecule has 0 aromatic heterocycles. The topological polar surface area (TPSA) is 52.6 Å². The lowest BCUT2D eigenvalue weighted by molar-refractivity contribution is 0.0500. The second kappa shape index (κ2) is 9.50. The van der Waals surface area contributed by atoms with Gasteiger partial charge in [0.2, 0.25) is 0 Å². The van der Waals surface area contributed by atoms with E-state index in [0.717, 1.165) is 19.3 Å². The molecular weight excluding hydrogens is 304 g/mol. The van der Waals surface area contributed by atoms with Gasteiger partial charge in [0.25, 0.3) is 0 Å². The first-order valence-corrected chi connectivity index (χ1v) is 8.19. The van der Waals surface area contributed by atoms with Crippen LogP contribution in [0.5, 0.6) is 0 Å². The van der Waals surface area contributed by atoms with E-state index < -0.39 is 11.9 Å². The van der Waals surface area contributed by atoms with E-state index in [4.69, 9.17) is 9.47 Å². The van der Waals surface area contributed by atoms with E-state index >= 15 is 0 Å². The summed E-state index contributed by atoms with van der Waals surface area (Å²) < 4.78 is 10.3. The minimum atomic E-state index is -0.423. The second-order valence-electron chi connectivity index (χ2n) is 5.44. The SMILES string of the molecule is CCCOC(=O)c1cccc(C(=O)OCCCc2ccccc2)c1. The third-order valence-corrected chi connectivity index (χ3v) is 3.46. The summed E-state index contributed by atoms with van der Waals surface area (Å²) in [7, 11) is 0. The maximum atomic E-state index is 12.1. The van der Waals surface area contributed by atoms with E-state index in [-0.39, 0.29) is 0 Å². The van der Waals surface area contributed by atoms with Crippen molar-refractivity contribution in [3.05, 3.63) is 71.3 Å². The molecule has 0 bridgehead atoms. The van der Waals surface area contributed by atoms with Crippen molar-refractivity contribution in [1.29, 1.82) is 0 Å². The Bertz CT molecular complexity index is 664. The molecule has 0 saturated carbocycles. The van der Waals surface area contributed by atoms with Crippen LogP contribution in [0.3, 0.4) is 0 Å². The van der Waals surface area contributed by atoms with Crippen molar-refractivity contribution in [2.75, 3.05) is 13.2 Å². The Morgan fingerprint density at radius 3 is 2.08 bits per heavy atom. The number of ether oxygens (including phenoxy) is 2.